The number of quaternary nitrogens is 1. The topological polar surface area (TPSA) is 70.9 Å². The minimum atomic E-state index is -3.45. The van der Waals surface area contributed by atoms with Crippen molar-refractivity contribution < 1.29 is 18.1 Å². The summed E-state index contributed by atoms with van der Waals surface area (Å²) in [4.78, 5) is 13.7. The van der Waals surface area contributed by atoms with E-state index in [1.165, 1.54) is 9.87 Å². The van der Waals surface area contributed by atoms with Crippen molar-refractivity contribution in [3.8, 4) is 0 Å². The second-order valence-electron chi connectivity index (χ2n) is 7.26. The largest absolute Gasteiger partial charge is 0.351 e. The minimum absolute atomic E-state index is 0.0112. The van der Waals surface area contributed by atoms with Crippen LogP contribution in [0.15, 0.2) is 65.6 Å². The van der Waals surface area contributed by atoms with Crippen LogP contribution < -0.4 is 10.2 Å². The van der Waals surface area contributed by atoms with Gasteiger partial charge in [-0.25, -0.2) is 8.42 Å². The van der Waals surface area contributed by atoms with Gasteiger partial charge in [0.2, 0.25) is 10.0 Å². The normalized spacial score (nSPS) is 17.2. The predicted octanol–water partition coefficient (Wildman–Crippen LogP) is 0.496. The van der Waals surface area contributed by atoms with E-state index in [2.05, 4.69) is 24.4 Å². The second-order valence-corrected chi connectivity index (χ2v) is 9.20. The van der Waals surface area contributed by atoms with E-state index in [0.29, 0.717) is 44.2 Å². The molecule has 1 saturated heterocycles. The lowest BCUT2D eigenvalue weighted by Crippen LogP contribution is -3.15. The van der Waals surface area contributed by atoms with Crippen LogP contribution in [0.25, 0.3) is 0 Å². The zero-order valence-electron chi connectivity index (χ0n) is 16.2. The van der Waals surface area contributed by atoms with Crippen LogP contribution in [0, 0.1) is 0 Å². The number of carbonyl (C=O) groups is 1. The zero-order valence-corrected chi connectivity index (χ0v) is 17.0. The summed E-state index contributed by atoms with van der Waals surface area (Å²) in [6.45, 7) is 5.20. The highest BCUT2D eigenvalue weighted by molar-refractivity contribution is 7.89. The first-order chi connectivity index (χ1) is 13.5. The van der Waals surface area contributed by atoms with Gasteiger partial charge in [0.25, 0.3) is 5.91 Å². The van der Waals surface area contributed by atoms with Crippen LogP contribution in [0.1, 0.15) is 18.4 Å². The standard InChI is InChI=1S/C21H27N3O3S/c1-18(19-8-4-2-5-9-19)16-22-21(25)17-23-12-14-24(15-13-23)28(26,27)20-10-6-3-7-11-20/h2-11,18H,12-17H2,1H3,(H,22,25)/p+1/t18-/m1/s1. The van der Waals surface area contributed by atoms with E-state index in [1.807, 2.05) is 18.2 Å². The Hall–Kier alpha value is -2.22. The predicted molar refractivity (Wildman–Crippen MR) is 109 cm³/mol. The third kappa shape index (κ3) is 5.19. The van der Waals surface area contributed by atoms with Crippen LogP contribution in [0.2, 0.25) is 0 Å². The van der Waals surface area contributed by atoms with Crippen LogP contribution >= 0.6 is 0 Å². The fourth-order valence-electron chi connectivity index (χ4n) is 3.42. The van der Waals surface area contributed by atoms with E-state index >= 15 is 0 Å². The molecule has 0 spiro atoms. The van der Waals surface area contributed by atoms with Crippen molar-refractivity contribution >= 4 is 15.9 Å². The molecule has 0 bridgehead atoms. The van der Waals surface area contributed by atoms with Crippen molar-refractivity contribution in [3.05, 3.63) is 66.2 Å². The Bertz CT molecular complexity index is 864. The van der Waals surface area contributed by atoms with Crippen molar-refractivity contribution in [3.63, 3.8) is 0 Å². The molecule has 2 aromatic rings. The van der Waals surface area contributed by atoms with E-state index in [4.69, 9.17) is 0 Å². The fraction of sp³-hybridized carbons (Fsp3) is 0.381. The average molecular weight is 403 g/mol. The second kappa shape index (κ2) is 9.32. The first-order valence-electron chi connectivity index (χ1n) is 9.67. The number of nitrogens with zero attached hydrogens (tertiary/aromatic N) is 1. The van der Waals surface area contributed by atoms with E-state index in [0.717, 1.165) is 4.90 Å². The molecule has 1 aliphatic heterocycles. The third-order valence-electron chi connectivity index (χ3n) is 5.20. The van der Waals surface area contributed by atoms with Gasteiger partial charge in [0.05, 0.1) is 31.1 Å². The van der Waals surface area contributed by atoms with Crippen LogP contribution in [-0.4, -0.2) is 57.9 Å². The summed E-state index contributed by atoms with van der Waals surface area (Å²) < 4.78 is 26.8. The summed E-state index contributed by atoms with van der Waals surface area (Å²) in [5.41, 5.74) is 1.20. The Morgan fingerprint density at radius 3 is 2.21 bits per heavy atom. The smallest absolute Gasteiger partial charge is 0.275 e. The van der Waals surface area contributed by atoms with Crippen molar-refractivity contribution in [2.24, 2.45) is 0 Å². The lowest BCUT2D eigenvalue weighted by atomic mass is 10.0. The molecule has 2 aromatic carbocycles. The van der Waals surface area contributed by atoms with Crippen LogP contribution in [-0.2, 0) is 14.8 Å². The van der Waals surface area contributed by atoms with Gasteiger partial charge in [-0.05, 0) is 23.6 Å². The van der Waals surface area contributed by atoms with Gasteiger partial charge in [0.15, 0.2) is 6.54 Å². The molecule has 150 valence electrons. The fourth-order valence-corrected chi connectivity index (χ4v) is 4.88. The molecule has 0 unspecified atom stereocenters. The van der Waals surface area contributed by atoms with Crippen LogP contribution in [0.5, 0.6) is 0 Å². The molecule has 1 atom stereocenters. The molecule has 0 aromatic heterocycles. The molecule has 7 heteroatoms. The Labute approximate surface area is 167 Å². The SMILES string of the molecule is C[C@H](CNC(=O)C[NH+]1CCN(S(=O)(=O)c2ccccc2)CC1)c1ccccc1. The summed E-state index contributed by atoms with van der Waals surface area (Å²) in [7, 11) is -3.45. The van der Waals surface area contributed by atoms with E-state index in [-0.39, 0.29) is 11.8 Å². The minimum Gasteiger partial charge on any atom is -0.351 e. The van der Waals surface area contributed by atoms with Gasteiger partial charge >= 0.3 is 0 Å². The molecule has 28 heavy (non-hydrogen) atoms. The Kier molecular flexibility index (Phi) is 6.83. The maximum atomic E-state index is 12.7. The number of rotatable bonds is 7. The van der Waals surface area contributed by atoms with Crippen molar-refractivity contribution in [1.82, 2.24) is 9.62 Å². The monoisotopic (exact) mass is 402 g/mol. The number of piperazine rings is 1. The lowest BCUT2D eigenvalue weighted by molar-refractivity contribution is -0.895. The molecule has 2 N–H and O–H groups in total. The van der Waals surface area contributed by atoms with Crippen molar-refractivity contribution in [2.45, 2.75) is 17.7 Å². The van der Waals surface area contributed by atoms with Gasteiger partial charge in [0.1, 0.15) is 0 Å². The van der Waals surface area contributed by atoms with E-state index < -0.39 is 10.0 Å². The molecule has 1 heterocycles. The number of carbonyl (C=O) groups excluding carboxylic acids is 1. The lowest BCUT2D eigenvalue weighted by Gasteiger charge is -2.31. The highest BCUT2D eigenvalue weighted by atomic mass is 32.2. The molecule has 1 fully saturated rings. The highest BCUT2D eigenvalue weighted by Gasteiger charge is 2.30. The van der Waals surface area contributed by atoms with Gasteiger partial charge in [-0.3, -0.25) is 4.79 Å². The van der Waals surface area contributed by atoms with Gasteiger partial charge in [-0.15, -0.1) is 0 Å². The van der Waals surface area contributed by atoms with Crippen molar-refractivity contribution in [2.75, 3.05) is 39.3 Å². The van der Waals surface area contributed by atoms with E-state index in [9.17, 15) is 13.2 Å². The van der Waals surface area contributed by atoms with Gasteiger partial charge in [-0.2, -0.15) is 4.31 Å². The molecular formula is C21H28N3O3S+. The number of benzene rings is 2. The highest BCUT2D eigenvalue weighted by Crippen LogP contribution is 2.15. The van der Waals surface area contributed by atoms with Crippen LogP contribution in [0.3, 0.4) is 0 Å². The summed E-state index contributed by atoms with van der Waals surface area (Å²) in [6, 6.07) is 18.6. The maximum Gasteiger partial charge on any atom is 0.275 e. The van der Waals surface area contributed by atoms with E-state index in [1.54, 1.807) is 30.3 Å². The molecule has 0 aliphatic carbocycles. The first kappa shape index (κ1) is 20.5. The van der Waals surface area contributed by atoms with Gasteiger partial charge in [-0.1, -0.05) is 55.5 Å². The Balaban J connectivity index is 1.44. The number of sulfonamides is 1. The number of amides is 1. The third-order valence-corrected chi connectivity index (χ3v) is 7.11. The maximum absolute atomic E-state index is 12.7. The average Bonchev–Trinajstić information content (AvgIpc) is 2.73. The number of nitrogens with one attached hydrogen (secondary N) is 2. The van der Waals surface area contributed by atoms with Gasteiger partial charge in [0, 0.05) is 6.54 Å². The Morgan fingerprint density at radius 1 is 1.04 bits per heavy atom. The number of hydrogen-bond acceptors (Lipinski definition) is 3. The summed E-state index contributed by atoms with van der Waals surface area (Å²) >= 11 is 0. The summed E-state index contributed by atoms with van der Waals surface area (Å²) in [6.07, 6.45) is 0. The van der Waals surface area contributed by atoms with Crippen molar-refractivity contribution in [1.29, 1.82) is 0 Å². The number of hydrogen-bond donors (Lipinski definition) is 2. The summed E-state index contributed by atoms with van der Waals surface area (Å²) in [5, 5.41) is 3.00. The zero-order chi connectivity index (χ0) is 20.0. The molecule has 1 amide bonds. The molecule has 6 nitrogen and oxygen atoms in total. The summed E-state index contributed by atoms with van der Waals surface area (Å²) in [5.74, 6) is 0.269. The Morgan fingerprint density at radius 2 is 1.61 bits per heavy atom. The molecular weight excluding hydrogens is 374 g/mol. The molecule has 1 aliphatic rings. The molecule has 0 radical (unpaired) electrons. The quantitative estimate of drug-likeness (QED) is 0.708. The van der Waals surface area contributed by atoms with Crippen LogP contribution in [0.4, 0.5) is 0 Å². The molecule has 3 rings (SSSR count). The first-order valence-corrected chi connectivity index (χ1v) is 11.1. The molecule has 0 saturated carbocycles. The van der Waals surface area contributed by atoms with Gasteiger partial charge < -0.3 is 10.2 Å².